The third-order valence-corrected chi connectivity index (χ3v) is 8.41. The molecule has 2 saturated heterocycles. The molecule has 29 heavy (non-hydrogen) atoms. The fraction of sp³-hybridized carbons (Fsp3) is 0.708. The van der Waals surface area contributed by atoms with E-state index in [0.717, 1.165) is 31.7 Å². The quantitative estimate of drug-likeness (QED) is 0.452. The molecule has 2 N–H and O–H groups in total. The monoisotopic (exact) mass is 400 g/mol. The smallest absolute Gasteiger partial charge is 0.315 e. The Hall–Kier alpha value is -1.59. The summed E-state index contributed by atoms with van der Waals surface area (Å²) in [5.74, 6) is 1.69. The third-order valence-electron chi connectivity index (χ3n) is 8.41. The number of rotatable bonds is 6. The van der Waals surface area contributed by atoms with Crippen LogP contribution in [-0.2, 0) is 20.7 Å². The first-order valence-corrected chi connectivity index (χ1v) is 11.3. The number of ether oxygens (including phenoxy) is 3. The van der Waals surface area contributed by atoms with E-state index < -0.39 is 0 Å². The molecule has 2 heterocycles. The summed E-state index contributed by atoms with van der Waals surface area (Å²) in [4.78, 5) is 12.7. The van der Waals surface area contributed by atoms with E-state index in [4.69, 9.17) is 14.2 Å². The minimum atomic E-state index is -0.0288. The van der Waals surface area contributed by atoms with Gasteiger partial charge in [-0.3, -0.25) is 4.79 Å². The highest BCUT2D eigenvalue weighted by molar-refractivity contribution is 5.76. The van der Waals surface area contributed by atoms with E-state index >= 15 is 0 Å². The number of methoxy groups -OCH3 is 1. The van der Waals surface area contributed by atoms with Crippen molar-refractivity contribution in [3.8, 4) is 5.75 Å². The lowest BCUT2D eigenvalue weighted by Crippen LogP contribution is -2.86. The normalized spacial score (nSPS) is 42.4. The standard InChI is InChI=1S/C24H33NO4/c1-15-5-4-11-23(2)13-19-20(21-24(15,23)29-21)18(22(26)28-19)14-25-12-10-16-6-8-17(27-3)9-7-16/h6-9,15,18-21,25H,4-5,10-14H2,1-3H3/p+1/t15-,18+,19+,20+,21-,23+,24-/m0/s1. The predicted octanol–water partition coefficient (Wildman–Crippen LogP) is 2.33. The van der Waals surface area contributed by atoms with Gasteiger partial charge in [0.15, 0.2) is 0 Å². The number of epoxide rings is 1. The number of carbonyl (C=O) groups excluding carboxylic acids is 1. The summed E-state index contributed by atoms with van der Waals surface area (Å²) in [6.07, 6.45) is 5.95. The van der Waals surface area contributed by atoms with Crippen molar-refractivity contribution in [2.45, 2.75) is 63.8 Å². The van der Waals surface area contributed by atoms with Crippen molar-refractivity contribution in [1.82, 2.24) is 0 Å². The second-order valence-corrected chi connectivity index (χ2v) is 9.96. The molecule has 0 aromatic heterocycles. The first-order valence-electron chi connectivity index (χ1n) is 11.3. The molecule has 5 heteroatoms. The Labute approximate surface area is 173 Å². The van der Waals surface area contributed by atoms with Gasteiger partial charge >= 0.3 is 5.97 Å². The van der Waals surface area contributed by atoms with E-state index in [1.165, 1.54) is 24.8 Å². The zero-order chi connectivity index (χ0) is 20.2. The van der Waals surface area contributed by atoms with Crippen LogP contribution < -0.4 is 10.1 Å². The minimum Gasteiger partial charge on any atom is -0.497 e. The highest BCUT2D eigenvalue weighted by Gasteiger charge is 2.78. The van der Waals surface area contributed by atoms with Gasteiger partial charge in [-0.15, -0.1) is 0 Å². The fourth-order valence-corrected chi connectivity index (χ4v) is 6.86. The SMILES string of the molecule is COc1ccc(CC[NH2+]C[C@H]2C(=O)O[C@@H]3C[C@@]4(C)CCC[C@H](C)[C@@]45O[C@H]5[C@@H]32)cc1. The molecule has 5 nitrogen and oxygen atoms in total. The molecule has 2 aliphatic heterocycles. The summed E-state index contributed by atoms with van der Waals surface area (Å²) in [7, 11) is 1.69. The van der Waals surface area contributed by atoms with Crippen molar-refractivity contribution >= 4 is 5.97 Å². The molecule has 7 atom stereocenters. The van der Waals surface area contributed by atoms with Gasteiger partial charge in [-0.2, -0.15) is 0 Å². The Kier molecular flexibility index (Phi) is 4.67. The first-order chi connectivity index (χ1) is 14.0. The average molecular weight is 401 g/mol. The Morgan fingerprint density at radius 3 is 2.83 bits per heavy atom. The van der Waals surface area contributed by atoms with Crippen molar-refractivity contribution in [2.75, 3.05) is 20.2 Å². The van der Waals surface area contributed by atoms with Crippen LogP contribution in [-0.4, -0.2) is 44.0 Å². The Morgan fingerprint density at radius 1 is 1.28 bits per heavy atom. The van der Waals surface area contributed by atoms with Gasteiger partial charge in [-0.05, 0) is 42.9 Å². The van der Waals surface area contributed by atoms with E-state index in [9.17, 15) is 4.79 Å². The summed E-state index contributed by atoms with van der Waals surface area (Å²) in [6, 6.07) is 8.23. The molecule has 1 aromatic rings. The van der Waals surface area contributed by atoms with Crippen molar-refractivity contribution < 1.29 is 24.3 Å². The number of quaternary nitrogens is 1. The molecule has 1 spiro atoms. The maximum absolute atomic E-state index is 12.7. The van der Waals surface area contributed by atoms with E-state index in [-0.39, 0.29) is 41.0 Å². The molecule has 0 radical (unpaired) electrons. The van der Waals surface area contributed by atoms with Gasteiger partial charge in [0.05, 0.1) is 26.3 Å². The van der Waals surface area contributed by atoms with Gasteiger partial charge in [0, 0.05) is 17.8 Å². The summed E-state index contributed by atoms with van der Waals surface area (Å²) >= 11 is 0. The fourth-order valence-electron chi connectivity index (χ4n) is 6.86. The largest absolute Gasteiger partial charge is 0.497 e. The number of benzene rings is 1. The van der Waals surface area contributed by atoms with Crippen LogP contribution in [0, 0.1) is 23.2 Å². The topological polar surface area (TPSA) is 64.7 Å². The Morgan fingerprint density at radius 2 is 2.07 bits per heavy atom. The van der Waals surface area contributed by atoms with E-state index in [2.05, 4.69) is 31.3 Å². The van der Waals surface area contributed by atoms with Gasteiger partial charge in [0.25, 0.3) is 0 Å². The maximum atomic E-state index is 12.7. The second kappa shape index (κ2) is 6.98. The van der Waals surface area contributed by atoms with Gasteiger partial charge in [0.1, 0.15) is 23.4 Å². The zero-order valence-electron chi connectivity index (χ0n) is 17.9. The first kappa shape index (κ1) is 19.4. The second-order valence-electron chi connectivity index (χ2n) is 9.96. The van der Waals surface area contributed by atoms with Crippen molar-refractivity contribution in [1.29, 1.82) is 0 Å². The maximum Gasteiger partial charge on any atom is 0.315 e. The summed E-state index contributed by atoms with van der Waals surface area (Å²) < 4.78 is 17.6. The summed E-state index contributed by atoms with van der Waals surface area (Å²) in [5.41, 5.74) is 1.47. The number of esters is 1. The Balaban J connectivity index is 1.21. The number of hydrogen-bond acceptors (Lipinski definition) is 4. The molecular weight excluding hydrogens is 366 g/mol. The van der Waals surface area contributed by atoms with Crippen LogP contribution in [0.1, 0.15) is 45.1 Å². The van der Waals surface area contributed by atoms with Crippen molar-refractivity contribution in [3.05, 3.63) is 29.8 Å². The molecule has 2 aliphatic carbocycles. The number of nitrogens with two attached hydrogens (primary N) is 1. The molecule has 5 rings (SSSR count). The molecule has 0 amide bonds. The van der Waals surface area contributed by atoms with Gasteiger partial charge < -0.3 is 19.5 Å². The molecule has 0 bridgehead atoms. The highest BCUT2D eigenvalue weighted by Crippen LogP contribution is 2.70. The highest BCUT2D eigenvalue weighted by atomic mass is 16.6. The third kappa shape index (κ3) is 2.92. The summed E-state index contributed by atoms with van der Waals surface area (Å²) in [6.45, 7) is 6.50. The van der Waals surface area contributed by atoms with Gasteiger partial charge in [-0.1, -0.05) is 32.4 Å². The van der Waals surface area contributed by atoms with E-state index in [0.29, 0.717) is 5.92 Å². The molecule has 4 aliphatic rings. The van der Waals surface area contributed by atoms with Gasteiger partial charge in [0.2, 0.25) is 0 Å². The van der Waals surface area contributed by atoms with Crippen molar-refractivity contribution in [3.63, 3.8) is 0 Å². The van der Waals surface area contributed by atoms with Crippen LogP contribution in [0.25, 0.3) is 0 Å². The molecule has 2 saturated carbocycles. The van der Waals surface area contributed by atoms with E-state index in [1.807, 2.05) is 12.1 Å². The lowest BCUT2D eigenvalue weighted by Gasteiger charge is -2.48. The van der Waals surface area contributed by atoms with Crippen LogP contribution in [0.4, 0.5) is 0 Å². The summed E-state index contributed by atoms with van der Waals surface area (Å²) in [5, 5.41) is 2.28. The van der Waals surface area contributed by atoms with Crippen LogP contribution >= 0.6 is 0 Å². The lowest BCUT2D eigenvalue weighted by molar-refractivity contribution is -0.658. The molecule has 0 unspecified atom stereocenters. The number of fused-ring (bicyclic) bond motifs is 2. The average Bonchev–Trinajstić information content (AvgIpc) is 3.39. The zero-order valence-corrected chi connectivity index (χ0v) is 17.9. The number of hydrogen-bond donors (Lipinski definition) is 1. The van der Waals surface area contributed by atoms with Crippen LogP contribution in [0.15, 0.2) is 24.3 Å². The Bertz CT molecular complexity index is 780. The van der Waals surface area contributed by atoms with Crippen molar-refractivity contribution in [2.24, 2.45) is 23.2 Å². The lowest BCUT2D eigenvalue weighted by atomic mass is 9.53. The van der Waals surface area contributed by atoms with Gasteiger partial charge in [-0.25, -0.2) is 0 Å². The van der Waals surface area contributed by atoms with Crippen LogP contribution in [0.2, 0.25) is 0 Å². The molecule has 158 valence electrons. The molecule has 1 aromatic carbocycles. The molecular formula is C24H34NO4+. The minimum absolute atomic E-state index is 0.00116. The van der Waals surface area contributed by atoms with E-state index in [1.54, 1.807) is 7.11 Å². The van der Waals surface area contributed by atoms with Crippen LogP contribution in [0.3, 0.4) is 0 Å². The number of carbonyl (C=O) groups is 1. The predicted molar refractivity (Wildman–Crippen MR) is 109 cm³/mol. The van der Waals surface area contributed by atoms with Crippen LogP contribution in [0.5, 0.6) is 5.75 Å². The molecule has 4 fully saturated rings.